The van der Waals surface area contributed by atoms with Crippen LogP contribution < -0.4 is 5.32 Å². The van der Waals surface area contributed by atoms with Crippen LogP contribution in [0.5, 0.6) is 0 Å². The molecule has 1 amide bonds. The van der Waals surface area contributed by atoms with Crippen LogP contribution in [0.4, 0.5) is 5.69 Å². The summed E-state index contributed by atoms with van der Waals surface area (Å²) in [5, 5.41) is 3.91. The fraction of sp³-hybridized carbons (Fsp3) is 0.125. The van der Waals surface area contributed by atoms with Gasteiger partial charge in [-0.05, 0) is 66.9 Å². The number of rotatable bonds is 3. The van der Waals surface area contributed by atoms with Gasteiger partial charge in [0.2, 0.25) is 0 Å². The standard InChI is InChI=1S/C24H17Cl2N3O2/c25-17-4-2-5-18(26)22(17)23-28-19-10-7-14(12-20(19)29-23)24(31)27-15-8-9-16-13(11-15)3-1-6-21(16)30/h2,4-5,7-12H,1,3,6H2,(H,27,31)(H,28,29). The summed E-state index contributed by atoms with van der Waals surface area (Å²) in [7, 11) is 0. The van der Waals surface area contributed by atoms with E-state index in [1.54, 1.807) is 48.5 Å². The van der Waals surface area contributed by atoms with Crippen molar-refractivity contribution >= 4 is 51.6 Å². The number of nitrogens with one attached hydrogen (secondary N) is 2. The van der Waals surface area contributed by atoms with E-state index in [4.69, 9.17) is 23.2 Å². The molecule has 4 aromatic rings. The van der Waals surface area contributed by atoms with Gasteiger partial charge in [0.25, 0.3) is 5.91 Å². The van der Waals surface area contributed by atoms with Crippen molar-refractivity contribution in [1.82, 2.24) is 9.97 Å². The molecule has 0 atom stereocenters. The number of aryl methyl sites for hydroxylation is 1. The van der Waals surface area contributed by atoms with E-state index in [-0.39, 0.29) is 11.7 Å². The number of carbonyl (C=O) groups excluding carboxylic acids is 2. The first-order valence-electron chi connectivity index (χ1n) is 9.91. The third kappa shape index (κ3) is 3.71. The van der Waals surface area contributed by atoms with Gasteiger partial charge in [0.1, 0.15) is 5.82 Å². The molecule has 7 heteroatoms. The largest absolute Gasteiger partial charge is 0.338 e. The summed E-state index contributed by atoms with van der Waals surface area (Å²) in [6.07, 6.45) is 2.28. The maximum absolute atomic E-state index is 12.8. The van der Waals surface area contributed by atoms with E-state index in [0.29, 0.717) is 50.1 Å². The Morgan fingerprint density at radius 1 is 1.00 bits per heavy atom. The summed E-state index contributed by atoms with van der Waals surface area (Å²) in [6, 6.07) is 16.0. The van der Waals surface area contributed by atoms with Crippen molar-refractivity contribution in [3.05, 3.63) is 81.3 Å². The van der Waals surface area contributed by atoms with Crippen LogP contribution in [0.2, 0.25) is 10.0 Å². The number of hydrogen-bond acceptors (Lipinski definition) is 3. The van der Waals surface area contributed by atoms with Gasteiger partial charge in [-0.25, -0.2) is 4.98 Å². The minimum absolute atomic E-state index is 0.165. The molecule has 0 radical (unpaired) electrons. The van der Waals surface area contributed by atoms with Gasteiger partial charge < -0.3 is 10.3 Å². The number of nitrogens with zero attached hydrogens (tertiary/aromatic N) is 1. The minimum Gasteiger partial charge on any atom is -0.338 e. The zero-order chi connectivity index (χ0) is 21.5. The molecule has 1 heterocycles. The topological polar surface area (TPSA) is 74.8 Å². The number of Topliss-reactive ketones (excluding diaryl/α,β-unsaturated/α-hetero) is 1. The van der Waals surface area contributed by atoms with Crippen LogP contribution in [0.1, 0.15) is 39.1 Å². The van der Waals surface area contributed by atoms with Crippen molar-refractivity contribution in [2.45, 2.75) is 19.3 Å². The highest BCUT2D eigenvalue weighted by Crippen LogP contribution is 2.34. The number of imidazole rings is 1. The van der Waals surface area contributed by atoms with Crippen LogP contribution in [0.15, 0.2) is 54.6 Å². The van der Waals surface area contributed by atoms with Gasteiger partial charge in [-0.2, -0.15) is 0 Å². The molecule has 0 bridgehead atoms. The lowest BCUT2D eigenvalue weighted by molar-refractivity contribution is 0.0971. The molecule has 5 nitrogen and oxygen atoms in total. The molecule has 5 rings (SSSR count). The highest BCUT2D eigenvalue weighted by molar-refractivity contribution is 6.39. The first kappa shape index (κ1) is 19.8. The maximum Gasteiger partial charge on any atom is 0.255 e. The first-order valence-corrected chi connectivity index (χ1v) is 10.7. The molecule has 1 aliphatic carbocycles. The Hall–Kier alpha value is -3.15. The van der Waals surface area contributed by atoms with Gasteiger partial charge in [-0.15, -0.1) is 0 Å². The summed E-state index contributed by atoms with van der Waals surface area (Å²) in [5.74, 6) is 0.469. The van der Waals surface area contributed by atoms with E-state index in [9.17, 15) is 9.59 Å². The van der Waals surface area contributed by atoms with E-state index in [1.165, 1.54) is 0 Å². The Morgan fingerprint density at radius 3 is 2.61 bits per heavy atom. The predicted molar refractivity (Wildman–Crippen MR) is 123 cm³/mol. The number of fused-ring (bicyclic) bond motifs is 2. The molecular formula is C24H17Cl2N3O2. The second-order valence-electron chi connectivity index (χ2n) is 7.52. The van der Waals surface area contributed by atoms with Crippen molar-refractivity contribution < 1.29 is 9.59 Å². The van der Waals surface area contributed by atoms with E-state index >= 15 is 0 Å². The average molecular weight is 450 g/mol. The van der Waals surface area contributed by atoms with Crippen molar-refractivity contribution in [2.75, 3.05) is 5.32 Å². The van der Waals surface area contributed by atoms with Crippen molar-refractivity contribution in [3.63, 3.8) is 0 Å². The van der Waals surface area contributed by atoms with E-state index in [1.807, 2.05) is 6.07 Å². The summed E-state index contributed by atoms with van der Waals surface area (Å²) >= 11 is 12.6. The average Bonchev–Trinajstić information content (AvgIpc) is 3.16. The van der Waals surface area contributed by atoms with E-state index in [2.05, 4.69) is 15.3 Å². The SMILES string of the molecule is O=C(Nc1ccc2c(c1)CCCC2=O)c1ccc2nc(-c3c(Cl)cccc3Cl)[nH]c2c1. The number of hydrogen-bond donors (Lipinski definition) is 2. The number of benzene rings is 3. The fourth-order valence-electron chi connectivity index (χ4n) is 3.92. The molecule has 0 saturated carbocycles. The second kappa shape index (κ2) is 7.84. The monoisotopic (exact) mass is 449 g/mol. The molecule has 0 saturated heterocycles. The van der Waals surface area contributed by atoms with Gasteiger partial charge >= 0.3 is 0 Å². The normalized spacial score (nSPS) is 13.3. The molecule has 0 spiro atoms. The van der Waals surface area contributed by atoms with Gasteiger partial charge in [0.15, 0.2) is 5.78 Å². The number of H-pyrrole nitrogens is 1. The fourth-order valence-corrected chi connectivity index (χ4v) is 4.50. The Labute approximate surface area is 188 Å². The smallest absolute Gasteiger partial charge is 0.255 e. The summed E-state index contributed by atoms with van der Waals surface area (Å²) < 4.78 is 0. The lowest BCUT2D eigenvalue weighted by atomic mass is 9.90. The van der Waals surface area contributed by atoms with Gasteiger partial charge in [-0.1, -0.05) is 29.3 Å². The molecule has 3 aromatic carbocycles. The number of aromatic amines is 1. The zero-order valence-corrected chi connectivity index (χ0v) is 17.8. The first-order chi connectivity index (χ1) is 15.0. The molecule has 0 fully saturated rings. The lowest BCUT2D eigenvalue weighted by Crippen LogP contribution is -2.14. The Bertz CT molecular complexity index is 1340. The molecule has 2 N–H and O–H groups in total. The van der Waals surface area contributed by atoms with Crippen molar-refractivity contribution in [2.24, 2.45) is 0 Å². The number of aromatic nitrogens is 2. The zero-order valence-electron chi connectivity index (χ0n) is 16.3. The number of amides is 1. The maximum atomic E-state index is 12.8. The number of anilines is 1. The third-order valence-electron chi connectivity index (χ3n) is 5.46. The van der Waals surface area contributed by atoms with Gasteiger partial charge in [0, 0.05) is 23.2 Å². The molecule has 0 aliphatic heterocycles. The highest BCUT2D eigenvalue weighted by Gasteiger charge is 2.18. The number of ketones is 1. The van der Waals surface area contributed by atoms with Crippen LogP contribution >= 0.6 is 23.2 Å². The molecule has 0 unspecified atom stereocenters. The Balaban J connectivity index is 1.43. The van der Waals surface area contributed by atoms with Crippen LogP contribution in [-0.2, 0) is 6.42 Å². The van der Waals surface area contributed by atoms with Crippen molar-refractivity contribution in [3.8, 4) is 11.4 Å². The minimum atomic E-state index is -0.240. The van der Waals surface area contributed by atoms with Crippen molar-refractivity contribution in [1.29, 1.82) is 0 Å². The summed E-state index contributed by atoms with van der Waals surface area (Å²) in [5.41, 5.74) is 4.93. The molecular weight excluding hydrogens is 433 g/mol. The van der Waals surface area contributed by atoms with Crippen LogP contribution in [0, 0.1) is 0 Å². The Morgan fingerprint density at radius 2 is 1.81 bits per heavy atom. The van der Waals surface area contributed by atoms with Crippen LogP contribution in [0.3, 0.4) is 0 Å². The van der Waals surface area contributed by atoms with Crippen LogP contribution in [0.25, 0.3) is 22.4 Å². The quantitative estimate of drug-likeness (QED) is 0.384. The Kier molecular flexibility index (Phi) is 5.00. The van der Waals surface area contributed by atoms with Gasteiger partial charge in [-0.3, -0.25) is 9.59 Å². The molecule has 154 valence electrons. The molecule has 1 aliphatic rings. The molecule has 31 heavy (non-hydrogen) atoms. The highest BCUT2D eigenvalue weighted by atomic mass is 35.5. The second-order valence-corrected chi connectivity index (χ2v) is 8.33. The summed E-state index contributed by atoms with van der Waals surface area (Å²) in [6.45, 7) is 0. The number of carbonyl (C=O) groups is 2. The third-order valence-corrected chi connectivity index (χ3v) is 6.09. The van der Waals surface area contributed by atoms with E-state index in [0.717, 1.165) is 24.0 Å². The lowest BCUT2D eigenvalue weighted by Gasteiger charge is -2.16. The van der Waals surface area contributed by atoms with Gasteiger partial charge in [0.05, 0.1) is 26.6 Å². The predicted octanol–water partition coefficient (Wildman–Crippen LogP) is 6.31. The van der Waals surface area contributed by atoms with Crippen LogP contribution in [-0.4, -0.2) is 21.7 Å². The molecule has 1 aromatic heterocycles. The van der Waals surface area contributed by atoms with E-state index < -0.39 is 0 Å². The number of halogens is 2. The summed E-state index contributed by atoms with van der Waals surface area (Å²) in [4.78, 5) is 32.6.